The van der Waals surface area contributed by atoms with Crippen molar-refractivity contribution in [2.24, 2.45) is 0 Å². The Hall–Kier alpha value is -2.69. The van der Waals surface area contributed by atoms with Crippen molar-refractivity contribution in [1.82, 2.24) is 4.57 Å². The maximum absolute atomic E-state index is 13.0. The normalized spacial score (nSPS) is 17.2. The van der Waals surface area contributed by atoms with Crippen LogP contribution in [0.4, 0.5) is 5.69 Å². The highest BCUT2D eigenvalue weighted by molar-refractivity contribution is 6.34. The zero-order valence-electron chi connectivity index (χ0n) is 13.3. The molecule has 2 aliphatic rings. The number of hydrogen-bond donors (Lipinski definition) is 0. The lowest BCUT2D eigenvalue weighted by Gasteiger charge is -2.18. The van der Waals surface area contributed by atoms with Crippen LogP contribution in [0, 0.1) is 0 Å². The lowest BCUT2D eigenvalue weighted by molar-refractivity contribution is 0.0926. The van der Waals surface area contributed by atoms with Gasteiger partial charge in [0.1, 0.15) is 0 Å². The van der Waals surface area contributed by atoms with E-state index < -0.39 is 5.91 Å². The first kappa shape index (κ1) is 14.9. The number of benzene rings is 1. The number of pyridine rings is 1. The van der Waals surface area contributed by atoms with Crippen molar-refractivity contribution < 1.29 is 9.59 Å². The molecule has 2 aromatic rings. The number of aromatic nitrogens is 1. The summed E-state index contributed by atoms with van der Waals surface area (Å²) in [5.41, 5.74) is 1.77. The SMILES string of the molecule is O=C1c2cc(=O)n3c(c2C(=O)N1c1ccccc1)CCCCCC3. The van der Waals surface area contributed by atoms with Gasteiger partial charge in [0.2, 0.25) is 0 Å². The first-order chi connectivity index (χ1) is 11.7. The Kier molecular flexibility index (Phi) is 3.56. The molecular formula is C19H18N2O3. The highest BCUT2D eigenvalue weighted by atomic mass is 16.2. The fourth-order valence-corrected chi connectivity index (χ4v) is 3.66. The van der Waals surface area contributed by atoms with Gasteiger partial charge in [-0.2, -0.15) is 0 Å². The average molecular weight is 322 g/mol. The first-order valence-electron chi connectivity index (χ1n) is 8.39. The summed E-state index contributed by atoms with van der Waals surface area (Å²) in [5.74, 6) is -0.714. The Balaban J connectivity index is 1.89. The van der Waals surface area contributed by atoms with E-state index in [-0.39, 0.29) is 17.0 Å². The lowest BCUT2D eigenvalue weighted by atomic mass is 10.0. The molecule has 0 radical (unpaired) electrons. The number of hydrogen-bond acceptors (Lipinski definition) is 3. The molecule has 4 rings (SSSR count). The zero-order valence-corrected chi connectivity index (χ0v) is 13.3. The van der Waals surface area contributed by atoms with Crippen molar-refractivity contribution in [3.05, 3.63) is 63.6 Å². The van der Waals surface area contributed by atoms with Gasteiger partial charge in [0, 0.05) is 18.3 Å². The molecule has 0 fully saturated rings. The van der Waals surface area contributed by atoms with Gasteiger partial charge in [0.25, 0.3) is 17.4 Å². The maximum Gasteiger partial charge on any atom is 0.267 e. The first-order valence-corrected chi connectivity index (χ1v) is 8.39. The third kappa shape index (κ3) is 2.19. The zero-order chi connectivity index (χ0) is 16.7. The number of rotatable bonds is 1. The van der Waals surface area contributed by atoms with Crippen LogP contribution >= 0.6 is 0 Å². The van der Waals surface area contributed by atoms with Crippen molar-refractivity contribution in [1.29, 1.82) is 0 Å². The van der Waals surface area contributed by atoms with Crippen LogP contribution in [0.3, 0.4) is 0 Å². The summed E-state index contributed by atoms with van der Waals surface area (Å²) < 4.78 is 1.69. The second-order valence-electron chi connectivity index (χ2n) is 6.32. The predicted molar refractivity (Wildman–Crippen MR) is 90.5 cm³/mol. The summed E-state index contributed by atoms with van der Waals surface area (Å²) in [4.78, 5) is 39.4. The lowest BCUT2D eigenvalue weighted by Crippen LogP contribution is -2.29. The highest BCUT2D eigenvalue weighted by Gasteiger charge is 2.40. The minimum absolute atomic E-state index is 0.179. The largest absolute Gasteiger partial charge is 0.312 e. The topological polar surface area (TPSA) is 59.4 Å². The molecule has 0 bridgehead atoms. The van der Waals surface area contributed by atoms with E-state index in [1.165, 1.54) is 11.0 Å². The summed E-state index contributed by atoms with van der Waals surface area (Å²) in [6, 6.07) is 10.2. The van der Waals surface area contributed by atoms with Crippen molar-refractivity contribution in [2.75, 3.05) is 4.90 Å². The molecule has 5 nitrogen and oxygen atoms in total. The van der Waals surface area contributed by atoms with Gasteiger partial charge in [-0.1, -0.05) is 31.0 Å². The Morgan fingerprint density at radius 1 is 0.833 bits per heavy atom. The van der Waals surface area contributed by atoms with Crippen LogP contribution in [-0.2, 0) is 13.0 Å². The quantitative estimate of drug-likeness (QED) is 0.759. The standard InChI is InChI=1S/C19H18N2O3/c22-16-12-14-17(15-10-6-1-2-7-11-20(15)16)19(24)21(18(14)23)13-8-4-3-5-9-13/h3-5,8-9,12H,1-2,6-7,10-11H2. The summed E-state index contributed by atoms with van der Waals surface area (Å²) >= 11 is 0. The number of carbonyl (C=O) groups is 2. The van der Waals surface area contributed by atoms with Crippen LogP contribution in [0.15, 0.2) is 41.2 Å². The Bertz CT molecular complexity index is 883. The number of anilines is 1. The number of nitrogens with zero attached hydrogens (tertiary/aromatic N) is 2. The minimum Gasteiger partial charge on any atom is -0.312 e. The molecular weight excluding hydrogens is 304 g/mol. The minimum atomic E-state index is -0.399. The fraction of sp³-hybridized carbons (Fsp3) is 0.316. The monoisotopic (exact) mass is 322 g/mol. The molecule has 5 heteroatoms. The Labute approximate surface area is 139 Å². The van der Waals surface area contributed by atoms with Crippen molar-refractivity contribution in [3.8, 4) is 0 Å². The molecule has 1 aromatic carbocycles. The van der Waals surface area contributed by atoms with Gasteiger partial charge in [-0.05, 0) is 31.4 Å². The van der Waals surface area contributed by atoms with Crippen LogP contribution in [0.25, 0.3) is 0 Å². The van der Waals surface area contributed by atoms with Crippen LogP contribution in [0.1, 0.15) is 52.1 Å². The van der Waals surface area contributed by atoms with E-state index in [0.717, 1.165) is 31.4 Å². The number of para-hydroxylation sites is 1. The molecule has 0 spiro atoms. The average Bonchev–Trinajstić information content (AvgIpc) is 2.79. The van der Waals surface area contributed by atoms with E-state index in [9.17, 15) is 14.4 Å². The summed E-state index contributed by atoms with van der Waals surface area (Å²) in [6.07, 6.45) is 4.70. The molecule has 0 unspecified atom stereocenters. The van der Waals surface area contributed by atoms with E-state index >= 15 is 0 Å². The molecule has 0 saturated carbocycles. The summed E-state index contributed by atoms with van der Waals surface area (Å²) in [6.45, 7) is 0.619. The summed E-state index contributed by atoms with van der Waals surface area (Å²) in [5, 5.41) is 0. The van der Waals surface area contributed by atoms with Crippen LogP contribution in [-0.4, -0.2) is 16.4 Å². The van der Waals surface area contributed by atoms with E-state index in [1.54, 1.807) is 28.8 Å². The van der Waals surface area contributed by atoms with Crippen molar-refractivity contribution in [3.63, 3.8) is 0 Å². The number of carbonyl (C=O) groups excluding carboxylic acids is 2. The van der Waals surface area contributed by atoms with Crippen LogP contribution in [0.5, 0.6) is 0 Å². The predicted octanol–water partition coefficient (Wildman–Crippen LogP) is 2.77. The molecule has 0 N–H and O–H groups in total. The molecule has 0 saturated heterocycles. The molecule has 24 heavy (non-hydrogen) atoms. The van der Waals surface area contributed by atoms with Gasteiger partial charge in [-0.25, -0.2) is 4.90 Å². The van der Waals surface area contributed by atoms with Gasteiger partial charge in [-0.15, -0.1) is 0 Å². The van der Waals surface area contributed by atoms with E-state index in [0.29, 0.717) is 24.2 Å². The van der Waals surface area contributed by atoms with Crippen LogP contribution in [0.2, 0.25) is 0 Å². The number of amides is 2. The van der Waals surface area contributed by atoms with Crippen molar-refractivity contribution >= 4 is 17.5 Å². The van der Waals surface area contributed by atoms with Crippen LogP contribution < -0.4 is 10.5 Å². The third-order valence-electron chi connectivity index (χ3n) is 4.83. The molecule has 0 aliphatic carbocycles. The Morgan fingerprint density at radius 2 is 1.58 bits per heavy atom. The molecule has 2 amide bonds. The van der Waals surface area contributed by atoms with Gasteiger partial charge in [-0.3, -0.25) is 14.4 Å². The third-order valence-corrected chi connectivity index (χ3v) is 4.83. The molecule has 3 heterocycles. The maximum atomic E-state index is 13.0. The van der Waals surface area contributed by atoms with Crippen molar-refractivity contribution in [2.45, 2.75) is 38.6 Å². The van der Waals surface area contributed by atoms with E-state index in [1.807, 2.05) is 6.07 Å². The Morgan fingerprint density at radius 3 is 2.38 bits per heavy atom. The molecule has 1 aromatic heterocycles. The molecule has 2 aliphatic heterocycles. The van der Waals surface area contributed by atoms with E-state index in [2.05, 4.69) is 0 Å². The second kappa shape index (κ2) is 5.74. The highest BCUT2D eigenvalue weighted by Crippen LogP contribution is 2.31. The van der Waals surface area contributed by atoms with Gasteiger partial charge < -0.3 is 4.57 Å². The number of imide groups is 1. The number of fused-ring (bicyclic) bond motifs is 3. The fourth-order valence-electron chi connectivity index (χ4n) is 3.66. The summed E-state index contributed by atoms with van der Waals surface area (Å²) in [7, 11) is 0. The molecule has 122 valence electrons. The van der Waals surface area contributed by atoms with Gasteiger partial charge >= 0.3 is 0 Å². The molecule has 0 atom stereocenters. The van der Waals surface area contributed by atoms with E-state index in [4.69, 9.17) is 0 Å². The second-order valence-corrected chi connectivity index (χ2v) is 6.32. The smallest absolute Gasteiger partial charge is 0.267 e. The van der Waals surface area contributed by atoms with Gasteiger partial charge in [0.15, 0.2) is 0 Å². The van der Waals surface area contributed by atoms with Gasteiger partial charge in [0.05, 0.1) is 16.8 Å².